The second-order valence-corrected chi connectivity index (χ2v) is 36.0. The van der Waals surface area contributed by atoms with E-state index in [2.05, 4.69) is 155 Å². The van der Waals surface area contributed by atoms with Gasteiger partial charge in [0.25, 0.3) is 0 Å². The summed E-state index contributed by atoms with van der Waals surface area (Å²) >= 11 is -0.0582. The zero-order valence-corrected chi connectivity index (χ0v) is 38.9. The van der Waals surface area contributed by atoms with Gasteiger partial charge in [0.15, 0.2) is 0 Å². The van der Waals surface area contributed by atoms with E-state index < -0.39 is 37.2 Å². The van der Waals surface area contributed by atoms with E-state index in [1.54, 1.807) is 0 Å². The van der Waals surface area contributed by atoms with Crippen LogP contribution >= 0.6 is 0 Å². The van der Waals surface area contributed by atoms with Gasteiger partial charge >= 0.3 is 308 Å². The van der Waals surface area contributed by atoms with Gasteiger partial charge in [-0.1, -0.05) is 0 Å². The molecule has 1 aliphatic rings. The summed E-state index contributed by atoms with van der Waals surface area (Å²) in [6, 6.07) is 10.8. The van der Waals surface area contributed by atoms with E-state index in [4.69, 9.17) is 18.0 Å². The van der Waals surface area contributed by atoms with Crippen molar-refractivity contribution in [2.24, 2.45) is 0 Å². The summed E-state index contributed by atoms with van der Waals surface area (Å²) in [7, 11) is -7.25. The Kier molecular flexibility index (Phi) is 16.9. The van der Waals surface area contributed by atoms with E-state index in [0.717, 1.165) is 0 Å². The van der Waals surface area contributed by atoms with Crippen molar-refractivity contribution in [2.45, 2.75) is 204 Å². The molecular weight excluding hydrogens is 712 g/mol. The monoisotopic (exact) mass is 788 g/mol. The molecule has 0 saturated carbocycles. The van der Waals surface area contributed by atoms with Crippen LogP contribution in [0.3, 0.4) is 0 Å². The summed E-state index contributed by atoms with van der Waals surface area (Å²) in [5.41, 5.74) is 3.61. The van der Waals surface area contributed by atoms with Crippen molar-refractivity contribution in [1.82, 2.24) is 0 Å². The maximum absolute atomic E-state index is 11.2. The summed E-state index contributed by atoms with van der Waals surface area (Å²) in [5.74, 6) is 0. The van der Waals surface area contributed by atoms with Crippen LogP contribution in [0.1, 0.15) is 125 Å². The van der Waals surface area contributed by atoms with Gasteiger partial charge in [0.2, 0.25) is 0 Å². The molecule has 5 nitrogen and oxygen atoms in total. The first-order chi connectivity index (χ1) is 22.2. The summed E-state index contributed by atoms with van der Waals surface area (Å²) in [6.45, 7) is 42.4. The van der Waals surface area contributed by atoms with Gasteiger partial charge in [0.1, 0.15) is 0 Å². The summed E-state index contributed by atoms with van der Waals surface area (Å²) in [4.78, 5) is 0. The van der Waals surface area contributed by atoms with Crippen LogP contribution in [-0.4, -0.2) is 81.0 Å². The van der Waals surface area contributed by atoms with E-state index in [0.29, 0.717) is 49.9 Å². The molecule has 1 aliphatic heterocycles. The predicted octanol–water partition coefficient (Wildman–Crippen LogP) is 10.4. The third-order valence-electron chi connectivity index (χ3n) is 11.9. The number of benzene rings is 1. The Bertz CT molecular complexity index is 1010. The molecule has 0 spiro atoms. The summed E-state index contributed by atoms with van der Waals surface area (Å²) < 4.78 is 32.2. The van der Waals surface area contributed by atoms with Crippen LogP contribution in [0, 0.1) is 0 Å². The van der Waals surface area contributed by atoms with Crippen LogP contribution in [0.4, 0.5) is 0 Å². The van der Waals surface area contributed by atoms with Gasteiger partial charge in [0.05, 0.1) is 0 Å². The molecule has 2 rings (SSSR count). The molecule has 0 bridgehead atoms. The number of aliphatic hydroxyl groups excluding tert-OH is 1. The van der Waals surface area contributed by atoms with Crippen LogP contribution in [-0.2, 0) is 18.0 Å². The molecule has 0 amide bonds. The third kappa shape index (κ3) is 8.86. The van der Waals surface area contributed by atoms with E-state index in [1.807, 2.05) is 0 Å². The van der Waals surface area contributed by atoms with Crippen molar-refractivity contribution < 1.29 is 23.1 Å². The average Bonchev–Trinajstić information content (AvgIpc) is 2.97. The van der Waals surface area contributed by atoms with Gasteiger partial charge < -0.3 is 0 Å². The molecule has 9 heteroatoms. The molecule has 1 saturated heterocycles. The Hall–Kier alpha value is 0.190. The first-order valence-corrected chi connectivity index (χ1v) is 27.5. The van der Waals surface area contributed by atoms with Gasteiger partial charge in [0, 0.05) is 0 Å². The van der Waals surface area contributed by atoms with Crippen molar-refractivity contribution >= 4 is 44.4 Å². The Morgan fingerprint density at radius 3 is 1.15 bits per heavy atom. The van der Waals surface area contributed by atoms with E-state index in [1.165, 1.54) is 4.46 Å². The molecule has 0 radical (unpaired) electrons. The van der Waals surface area contributed by atoms with Gasteiger partial charge in [-0.2, -0.15) is 0 Å². The fourth-order valence-electron chi connectivity index (χ4n) is 10.1. The Labute approximate surface area is 307 Å². The maximum atomic E-state index is 11.2. The molecule has 48 heavy (non-hydrogen) atoms. The van der Waals surface area contributed by atoms with E-state index in [-0.39, 0.29) is 38.8 Å². The van der Waals surface area contributed by atoms with Crippen molar-refractivity contribution in [3.05, 3.63) is 30.3 Å². The third-order valence-corrected chi connectivity index (χ3v) is 32.6. The first kappa shape index (κ1) is 44.4. The number of hydrogen-bond acceptors (Lipinski definition) is 5. The molecule has 1 heterocycles. The fraction of sp³-hybridized carbons (Fsp3) is 0.846. The zero-order chi connectivity index (χ0) is 36.9. The zero-order valence-electron chi connectivity index (χ0n) is 34.2. The van der Waals surface area contributed by atoms with Crippen LogP contribution in [0.2, 0.25) is 49.9 Å². The molecule has 0 aliphatic carbocycles. The van der Waals surface area contributed by atoms with Crippen molar-refractivity contribution in [3.63, 3.8) is 0 Å². The van der Waals surface area contributed by atoms with Crippen LogP contribution in [0.25, 0.3) is 0 Å². The topological polar surface area (TPSA) is 57.2 Å². The molecule has 0 aromatic heterocycles. The molecule has 280 valence electrons. The number of aliphatic hydroxyl groups is 1. The first-order valence-electron chi connectivity index (χ1n) is 19.2. The fourth-order valence-corrected chi connectivity index (χ4v) is 29.3. The van der Waals surface area contributed by atoms with E-state index in [9.17, 15) is 5.11 Å². The van der Waals surface area contributed by atoms with E-state index >= 15 is 0 Å². The Morgan fingerprint density at radius 2 is 0.833 bits per heavy atom. The summed E-state index contributed by atoms with van der Waals surface area (Å²) in [5, 5.41) is 11.0. The minimum absolute atomic E-state index is 0.0582. The quantitative estimate of drug-likeness (QED) is 0.150. The second kappa shape index (κ2) is 18.3. The molecule has 0 unspecified atom stereocenters. The van der Waals surface area contributed by atoms with Crippen LogP contribution in [0.5, 0.6) is 0 Å². The molecular formula is C39H76O5SeSi3. The van der Waals surface area contributed by atoms with Gasteiger partial charge in [-0.25, -0.2) is 0 Å². The number of rotatable bonds is 18. The molecule has 1 N–H and O–H groups in total. The Balaban J connectivity index is 3.05. The predicted molar refractivity (Wildman–Crippen MR) is 215 cm³/mol. The summed E-state index contributed by atoms with van der Waals surface area (Å²) in [6.07, 6.45) is -1.53. The van der Waals surface area contributed by atoms with Crippen molar-refractivity contribution in [2.75, 3.05) is 6.61 Å². The van der Waals surface area contributed by atoms with Gasteiger partial charge in [-0.15, -0.1) is 0 Å². The molecule has 1 fully saturated rings. The van der Waals surface area contributed by atoms with Crippen LogP contribution in [0.15, 0.2) is 30.3 Å². The minimum atomic E-state index is -2.44. The molecule has 1 aromatic rings. The van der Waals surface area contributed by atoms with Gasteiger partial charge in [-0.3, -0.25) is 0 Å². The molecule has 1 aromatic carbocycles. The normalized spacial score (nSPS) is 23.5. The SMILES string of the molecule is CC(C)[Si](O[C@@H]1[C@@H](O[Si](C(C)C)(C(C)C)C(C)C)[C@H]([Se]c2ccccc2)O[C@H](CO)[C@H]1O[Si](C(C)C)(C(C)C)C(C)C)(C(C)C)C(C)C. The molecule has 5 atom stereocenters. The van der Waals surface area contributed by atoms with Crippen molar-refractivity contribution in [1.29, 1.82) is 0 Å². The van der Waals surface area contributed by atoms with Crippen LogP contribution < -0.4 is 4.46 Å². The standard InChI is InChI=1S/C39H76O5SeSi3/c1-25(2)46(26(3)4,27(5)6)42-36-35(24-40)41-39(45-34-22-20-19-21-23-34)38(44-48(31(13)14,32(15)16)33(17)18)37(36)43-47(28(7)8,29(9)10)30(11)12/h19-23,25-33,35-40H,24H2,1-18H3/t35-,36-,37+,38-,39+/m1/s1. The van der Waals surface area contributed by atoms with Gasteiger partial charge in [-0.05, 0) is 0 Å². The Morgan fingerprint density at radius 1 is 0.521 bits per heavy atom. The number of ether oxygens (including phenoxy) is 1. The average molecular weight is 788 g/mol. The second-order valence-electron chi connectivity index (χ2n) is 17.4. The van der Waals surface area contributed by atoms with Crippen molar-refractivity contribution in [3.8, 4) is 0 Å². The number of hydrogen-bond donors (Lipinski definition) is 1.